The molecule has 5 rings (SSSR count). The van der Waals surface area contributed by atoms with Crippen LogP contribution in [0.5, 0.6) is 0 Å². The Bertz CT molecular complexity index is 526. The zero-order valence-electron chi connectivity index (χ0n) is 16.2. The van der Waals surface area contributed by atoms with Gasteiger partial charge in [-0.2, -0.15) is 0 Å². The molecule has 4 aliphatic carbocycles. The molecule has 2 atom stereocenters. The molecule has 0 aromatic carbocycles. The molecule has 2 unspecified atom stereocenters. The van der Waals surface area contributed by atoms with Crippen LogP contribution in [-0.4, -0.2) is 42.4 Å². The standard InChI is InChI=1S/C21H35N3O2/c1-14-3-5-24(18(6-14)13-22)19(25)2-4-23-20(26)21-10-15-7-16(11-21)9-17(8-15)12-21/h14-18H,2-13,22H2,1H3,(H,23,26). The van der Waals surface area contributed by atoms with Crippen LogP contribution >= 0.6 is 0 Å². The van der Waals surface area contributed by atoms with Crippen LogP contribution in [0, 0.1) is 29.1 Å². The van der Waals surface area contributed by atoms with E-state index in [0.29, 0.717) is 25.4 Å². The van der Waals surface area contributed by atoms with Gasteiger partial charge in [-0.25, -0.2) is 0 Å². The van der Waals surface area contributed by atoms with Gasteiger partial charge in [-0.3, -0.25) is 9.59 Å². The summed E-state index contributed by atoms with van der Waals surface area (Å²) in [5, 5.41) is 3.13. The molecule has 0 spiro atoms. The number of nitrogens with two attached hydrogens (primary N) is 1. The normalized spacial score (nSPS) is 41.3. The van der Waals surface area contributed by atoms with Gasteiger partial charge in [0, 0.05) is 37.5 Å². The third-order valence-electron chi connectivity index (χ3n) is 7.71. The quantitative estimate of drug-likeness (QED) is 0.789. The van der Waals surface area contributed by atoms with Gasteiger partial charge in [0.25, 0.3) is 0 Å². The molecule has 1 aliphatic heterocycles. The number of carbonyl (C=O) groups is 2. The summed E-state index contributed by atoms with van der Waals surface area (Å²) in [6, 6.07) is 0.171. The minimum atomic E-state index is -0.113. The van der Waals surface area contributed by atoms with E-state index in [-0.39, 0.29) is 23.3 Å². The van der Waals surface area contributed by atoms with Gasteiger partial charge in [-0.15, -0.1) is 0 Å². The van der Waals surface area contributed by atoms with Gasteiger partial charge in [-0.1, -0.05) is 6.92 Å². The first-order valence-corrected chi connectivity index (χ1v) is 10.8. The molecular formula is C21H35N3O2. The highest BCUT2D eigenvalue weighted by Crippen LogP contribution is 2.60. The van der Waals surface area contributed by atoms with Crippen LogP contribution in [0.2, 0.25) is 0 Å². The van der Waals surface area contributed by atoms with Gasteiger partial charge in [0.1, 0.15) is 0 Å². The Morgan fingerprint density at radius 2 is 1.69 bits per heavy atom. The second kappa shape index (κ2) is 7.14. The second-order valence-corrected chi connectivity index (χ2v) is 9.81. The largest absolute Gasteiger partial charge is 0.355 e. The van der Waals surface area contributed by atoms with Crippen LogP contribution < -0.4 is 11.1 Å². The lowest BCUT2D eigenvalue weighted by Crippen LogP contribution is -2.54. The Balaban J connectivity index is 1.28. The van der Waals surface area contributed by atoms with Crippen molar-refractivity contribution >= 4 is 11.8 Å². The molecule has 3 N–H and O–H groups in total. The fraction of sp³-hybridized carbons (Fsp3) is 0.905. The molecule has 1 heterocycles. The van der Waals surface area contributed by atoms with Crippen molar-refractivity contribution in [3.8, 4) is 0 Å². The van der Waals surface area contributed by atoms with Crippen LogP contribution in [0.1, 0.15) is 64.7 Å². The Morgan fingerprint density at radius 1 is 1.08 bits per heavy atom. The number of likely N-dealkylation sites (tertiary alicyclic amines) is 1. The first kappa shape index (κ1) is 18.3. The van der Waals surface area contributed by atoms with Gasteiger partial charge in [0.2, 0.25) is 11.8 Å². The molecule has 4 bridgehead atoms. The van der Waals surface area contributed by atoms with Crippen LogP contribution in [-0.2, 0) is 9.59 Å². The van der Waals surface area contributed by atoms with E-state index >= 15 is 0 Å². The molecule has 5 heteroatoms. The van der Waals surface area contributed by atoms with E-state index < -0.39 is 0 Å². The maximum atomic E-state index is 13.0. The smallest absolute Gasteiger partial charge is 0.226 e. The van der Waals surface area contributed by atoms with Gasteiger partial charge in [0.15, 0.2) is 0 Å². The number of nitrogens with one attached hydrogen (secondary N) is 1. The lowest BCUT2D eigenvalue weighted by molar-refractivity contribution is -0.146. The molecule has 2 amide bonds. The Morgan fingerprint density at radius 3 is 2.27 bits per heavy atom. The summed E-state index contributed by atoms with van der Waals surface area (Å²) < 4.78 is 0. The highest BCUT2D eigenvalue weighted by Gasteiger charge is 2.54. The minimum absolute atomic E-state index is 0.113. The van der Waals surface area contributed by atoms with Crippen molar-refractivity contribution in [2.24, 2.45) is 34.8 Å². The first-order valence-electron chi connectivity index (χ1n) is 10.8. The molecule has 0 aromatic heterocycles. The van der Waals surface area contributed by atoms with Crippen molar-refractivity contribution < 1.29 is 9.59 Å². The maximum Gasteiger partial charge on any atom is 0.226 e. The SMILES string of the molecule is CC1CCN(C(=O)CCNC(=O)C23CC4CC(CC(C4)C2)C3)C(CN)C1. The zero-order chi connectivity index (χ0) is 18.3. The monoisotopic (exact) mass is 361 g/mol. The van der Waals surface area contributed by atoms with E-state index in [0.717, 1.165) is 56.4 Å². The molecule has 5 aliphatic rings. The molecular weight excluding hydrogens is 326 g/mol. The van der Waals surface area contributed by atoms with Gasteiger partial charge < -0.3 is 16.0 Å². The minimum Gasteiger partial charge on any atom is -0.355 e. The van der Waals surface area contributed by atoms with E-state index in [1.54, 1.807) is 0 Å². The fourth-order valence-electron chi connectivity index (χ4n) is 6.81. The third-order valence-corrected chi connectivity index (χ3v) is 7.71. The molecule has 146 valence electrons. The van der Waals surface area contributed by atoms with Crippen LogP contribution in [0.4, 0.5) is 0 Å². The first-order chi connectivity index (χ1) is 12.5. The molecule has 5 nitrogen and oxygen atoms in total. The number of rotatable bonds is 5. The van der Waals surface area contributed by atoms with Crippen molar-refractivity contribution in [2.75, 3.05) is 19.6 Å². The lowest BCUT2D eigenvalue weighted by atomic mass is 9.49. The highest BCUT2D eigenvalue weighted by atomic mass is 16.2. The van der Waals surface area contributed by atoms with Crippen molar-refractivity contribution in [2.45, 2.75) is 70.8 Å². The van der Waals surface area contributed by atoms with Gasteiger partial charge in [-0.05, 0) is 75.0 Å². The molecule has 4 saturated carbocycles. The van der Waals surface area contributed by atoms with Crippen molar-refractivity contribution in [1.82, 2.24) is 10.2 Å². The van der Waals surface area contributed by atoms with Crippen LogP contribution in [0.15, 0.2) is 0 Å². The maximum absolute atomic E-state index is 13.0. The molecule has 0 radical (unpaired) electrons. The van der Waals surface area contributed by atoms with Gasteiger partial charge >= 0.3 is 0 Å². The van der Waals surface area contributed by atoms with Crippen molar-refractivity contribution in [1.29, 1.82) is 0 Å². The Labute approximate surface area is 157 Å². The van der Waals surface area contributed by atoms with Gasteiger partial charge in [0.05, 0.1) is 0 Å². The second-order valence-electron chi connectivity index (χ2n) is 9.81. The lowest BCUT2D eigenvalue weighted by Gasteiger charge is -2.55. The summed E-state index contributed by atoms with van der Waals surface area (Å²) in [6.45, 7) is 4.06. The molecule has 1 saturated heterocycles. The predicted octanol–water partition coefficient (Wildman–Crippen LogP) is 2.29. The molecule has 26 heavy (non-hydrogen) atoms. The Hall–Kier alpha value is -1.10. The summed E-state index contributed by atoms with van der Waals surface area (Å²) in [4.78, 5) is 27.5. The summed E-state index contributed by atoms with van der Waals surface area (Å²) >= 11 is 0. The number of amides is 2. The summed E-state index contributed by atoms with van der Waals surface area (Å²) in [7, 11) is 0. The van der Waals surface area contributed by atoms with E-state index in [9.17, 15) is 9.59 Å². The van der Waals surface area contributed by atoms with E-state index in [1.165, 1.54) is 19.3 Å². The average molecular weight is 362 g/mol. The average Bonchev–Trinajstić information content (AvgIpc) is 2.60. The number of nitrogens with zero attached hydrogens (tertiary/aromatic N) is 1. The van der Waals surface area contributed by atoms with Crippen molar-refractivity contribution in [3.05, 3.63) is 0 Å². The van der Waals surface area contributed by atoms with Crippen LogP contribution in [0.25, 0.3) is 0 Å². The third kappa shape index (κ3) is 3.39. The van der Waals surface area contributed by atoms with Crippen LogP contribution in [0.3, 0.4) is 0 Å². The number of carbonyl (C=O) groups excluding carboxylic acids is 2. The van der Waals surface area contributed by atoms with E-state index in [1.807, 2.05) is 4.90 Å². The predicted molar refractivity (Wildman–Crippen MR) is 101 cm³/mol. The van der Waals surface area contributed by atoms with E-state index in [4.69, 9.17) is 5.73 Å². The molecule has 5 fully saturated rings. The summed E-state index contributed by atoms with van der Waals surface area (Å²) in [5.41, 5.74) is 5.76. The number of hydrogen-bond donors (Lipinski definition) is 2. The zero-order valence-corrected chi connectivity index (χ0v) is 16.2. The van der Waals surface area contributed by atoms with Crippen molar-refractivity contribution in [3.63, 3.8) is 0 Å². The summed E-state index contributed by atoms with van der Waals surface area (Å²) in [6.07, 6.45) is 9.75. The number of piperidine rings is 1. The fourth-order valence-corrected chi connectivity index (χ4v) is 6.81. The van der Waals surface area contributed by atoms with E-state index in [2.05, 4.69) is 12.2 Å². The highest BCUT2D eigenvalue weighted by molar-refractivity contribution is 5.84. The number of hydrogen-bond acceptors (Lipinski definition) is 3. The topological polar surface area (TPSA) is 75.4 Å². The molecule has 0 aromatic rings. The summed E-state index contributed by atoms with van der Waals surface area (Å²) in [5.74, 6) is 3.34. The Kier molecular flexibility index (Phi) is 5.02.